The van der Waals surface area contributed by atoms with Crippen LogP contribution in [-0.4, -0.2) is 28.8 Å². The van der Waals surface area contributed by atoms with Crippen molar-refractivity contribution in [2.45, 2.75) is 0 Å². The Morgan fingerprint density at radius 1 is 1.21 bits per heavy atom. The van der Waals surface area contributed by atoms with E-state index < -0.39 is 0 Å². The first-order valence-corrected chi connectivity index (χ1v) is 5.57. The van der Waals surface area contributed by atoms with E-state index >= 15 is 0 Å². The van der Waals surface area contributed by atoms with Gasteiger partial charge in [0, 0.05) is 23.5 Å². The number of hydrogen-bond donors (Lipinski definition) is 1. The Morgan fingerprint density at radius 2 is 1.95 bits per heavy atom. The second kappa shape index (κ2) is 5.77. The maximum Gasteiger partial charge on any atom is 0.216 e. The number of aromatic nitrogens is 1. The quantitative estimate of drug-likeness (QED) is 0.394. The Bertz CT molecular complexity index is 592. The molecule has 1 aromatic carbocycles. The second-order valence-corrected chi connectivity index (χ2v) is 3.75. The van der Waals surface area contributed by atoms with E-state index in [2.05, 4.69) is 10.1 Å². The van der Waals surface area contributed by atoms with Crippen molar-refractivity contribution in [2.75, 3.05) is 7.11 Å². The maximum atomic E-state index is 12.2. The summed E-state index contributed by atoms with van der Waals surface area (Å²) in [6.07, 6.45) is 3.00. The van der Waals surface area contributed by atoms with Gasteiger partial charge in [0.05, 0.1) is 7.11 Å². The molecule has 0 unspecified atom stereocenters. The van der Waals surface area contributed by atoms with Crippen LogP contribution in [0.3, 0.4) is 0 Å². The minimum Gasteiger partial charge on any atom is -0.497 e. The third kappa shape index (κ3) is 2.77. The summed E-state index contributed by atoms with van der Waals surface area (Å²) in [6.45, 7) is 0. The highest BCUT2D eigenvalue weighted by Gasteiger charge is 2.17. The van der Waals surface area contributed by atoms with E-state index in [4.69, 9.17) is 9.94 Å². The molecule has 0 fully saturated rings. The van der Waals surface area contributed by atoms with Gasteiger partial charge in [-0.25, -0.2) is 0 Å². The Balaban J connectivity index is 2.32. The number of ether oxygens (including phenoxy) is 1. The summed E-state index contributed by atoms with van der Waals surface area (Å²) in [6, 6.07) is 9.96. The molecule has 0 aliphatic heterocycles. The lowest BCUT2D eigenvalue weighted by Crippen LogP contribution is -2.16. The molecule has 5 heteroatoms. The molecule has 1 N–H and O–H groups in total. The highest BCUT2D eigenvalue weighted by molar-refractivity contribution is 6.51. The van der Waals surface area contributed by atoms with Gasteiger partial charge < -0.3 is 9.94 Å². The van der Waals surface area contributed by atoms with Gasteiger partial charge in [0.25, 0.3) is 0 Å². The summed E-state index contributed by atoms with van der Waals surface area (Å²) in [5, 5.41) is 12.1. The normalized spacial score (nSPS) is 11.1. The van der Waals surface area contributed by atoms with E-state index in [9.17, 15) is 4.79 Å². The number of nitrogens with zero attached hydrogens (tertiary/aromatic N) is 2. The number of ketones is 1. The predicted octanol–water partition coefficient (Wildman–Crippen LogP) is 2.15. The van der Waals surface area contributed by atoms with Gasteiger partial charge in [-0.15, -0.1) is 0 Å². The molecular formula is C14H12N2O3. The molecular weight excluding hydrogens is 244 g/mol. The molecule has 19 heavy (non-hydrogen) atoms. The lowest BCUT2D eigenvalue weighted by Gasteiger charge is -2.05. The number of hydrogen-bond acceptors (Lipinski definition) is 5. The van der Waals surface area contributed by atoms with Gasteiger partial charge in [-0.05, 0) is 36.4 Å². The molecule has 0 aliphatic rings. The highest BCUT2D eigenvalue weighted by Crippen LogP contribution is 2.14. The first-order valence-electron chi connectivity index (χ1n) is 5.57. The lowest BCUT2D eigenvalue weighted by atomic mass is 10.0. The Labute approximate surface area is 110 Å². The molecule has 0 bridgehead atoms. The number of oxime groups is 1. The van der Waals surface area contributed by atoms with Crippen molar-refractivity contribution in [1.29, 1.82) is 0 Å². The fourth-order valence-corrected chi connectivity index (χ4v) is 1.62. The van der Waals surface area contributed by atoms with Crippen LogP contribution in [0.2, 0.25) is 0 Å². The summed E-state index contributed by atoms with van der Waals surface area (Å²) < 4.78 is 5.03. The van der Waals surface area contributed by atoms with E-state index in [0.29, 0.717) is 16.9 Å². The van der Waals surface area contributed by atoms with Gasteiger partial charge in [0.1, 0.15) is 5.75 Å². The summed E-state index contributed by atoms with van der Waals surface area (Å²) in [4.78, 5) is 16.0. The first kappa shape index (κ1) is 12.8. The molecule has 2 rings (SSSR count). The van der Waals surface area contributed by atoms with Crippen LogP contribution in [-0.2, 0) is 0 Å². The minimum atomic E-state index is -0.388. The van der Waals surface area contributed by atoms with E-state index in [1.165, 1.54) is 6.20 Å². The topological polar surface area (TPSA) is 71.8 Å². The molecule has 5 nitrogen and oxygen atoms in total. The van der Waals surface area contributed by atoms with Crippen molar-refractivity contribution < 1.29 is 14.7 Å². The van der Waals surface area contributed by atoms with Crippen LogP contribution >= 0.6 is 0 Å². The lowest BCUT2D eigenvalue weighted by molar-refractivity contribution is 0.106. The van der Waals surface area contributed by atoms with Gasteiger partial charge in [-0.3, -0.25) is 9.78 Å². The number of rotatable bonds is 4. The molecule has 1 aromatic heterocycles. The summed E-state index contributed by atoms with van der Waals surface area (Å²) in [5.74, 6) is 0.274. The number of carbonyl (C=O) groups is 1. The third-order valence-electron chi connectivity index (χ3n) is 2.60. The molecule has 0 amide bonds. The SMILES string of the molecule is COc1ccc(C(=NO)C(=O)c2cccnc2)cc1. The van der Waals surface area contributed by atoms with E-state index in [1.54, 1.807) is 49.7 Å². The summed E-state index contributed by atoms with van der Waals surface area (Å²) in [5.41, 5.74) is 0.846. The van der Waals surface area contributed by atoms with Gasteiger partial charge in [0.2, 0.25) is 5.78 Å². The number of pyridine rings is 1. The number of carbonyl (C=O) groups excluding carboxylic acids is 1. The van der Waals surface area contributed by atoms with Crippen LogP contribution in [0, 0.1) is 0 Å². The van der Waals surface area contributed by atoms with Crippen molar-refractivity contribution >= 4 is 11.5 Å². The van der Waals surface area contributed by atoms with Gasteiger partial charge >= 0.3 is 0 Å². The monoisotopic (exact) mass is 256 g/mol. The van der Waals surface area contributed by atoms with Crippen LogP contribution in [0.25, 0.3) is 0 Å². The van der Waals surface area contributed by atoms with Crippen molar-refractivity contribution in [1.82, 2.24) is 4.98 Å². The van der Waals surface area contributed by atoms with Crippen LogP contribution in [0.4, 0.5) is 0 Å². The zero-order valence-electron chi connectivity index (χ0n) is 10.3. The highest BCUT2D eigenvalue weighted by atomic mass is 16.5. The molecule has 0 aliphatic carbocycles. The van der Waals surface area contributed by atoms with Gasteiger partial charge in [-0.1, -0.05) is 5.16 Å². The predicted molar refractivity (Wildman–Crippen MR) is 69.9 cm³/mol. The Kier molecular flexibility index (Phi) is 3.87. The number of methoxy groups -OCH3 is 1. The second-order valence-electron chi connectivity index (χ2n) is 3.75. The molecule has 0 radical (unpaired) electrons. The molecule has 0 atom stereocenters. The molecule has 0 spiro atoms. The van der Waals surface area contributed by atoms with E-state index in [0.717, 1.165) is 0 Å². The molecule has 0 saturated heterocycles. The third-order valence-corrected chi connectivity index (χ3v) is 2.60. The largest absolute Gasteiger partial charge is 0.497 e. The molecule has 2 aromatic rings. The molecule has 0 saturated carbocycles. The Morgan fingerprint density at radius 3 is 2.47 bits per heavy atom. The average molecular weight is 256 g/mol. The average Bonchev–Trinajstić information content (AvgIpc) is 2.49. The van der Waals surface area contributed by atoms with Crippen molar-refractivity contribution in [3.8, 4) is 5.75 Å². The van der Waals surface area contributed by atoms with Crippen LogP contribution in [0.15, 0.2) is 53.9 Å². The van der Waals surface area contributed by atoms with Crippen LogP contribution in [0.5, 0.6) is 5.75 Å². The van der Waals surface area contributed by atoms with Crippen molar-refractivity contribution in [3.05, 3.63) is 59.9 Å². The van der Waals surface area contributed by atoms with Crippen molar-refractivity contribution in [3.63, 3.8) is 0 Å². The number of benzene rings is 1. The molecule has 96 valence electrons. The first-order chi connectivity index (χ1) is 9.26. The van der Waals surface area contributed by atoms with E-state index in [-0.39, 0.29) is 11.5 Å². The van der Waals surface area contributed by atoms with Gasteiger partial charge in [0.15, 0.2) is 5.71 Å². The van der Waals surface area contributed by atoms with Crippen LogP contribution < -0.4 is 4.74 Å². The Hall–Kier alpha value is -2.69. The van der Waals surface area contributed by atoms with Crippen LogP contribution in [0.1, 0.15) is 15.9 Å². The number of Topliss-reactive ketones (excluding diaryl/α,β-unsaturated/α-hetero) is 1. The summed E-state index contributed by atoms with van der Waals surface area (Å²) >= 11 is 0. The fraction of sp³-hybridized carbons (Fsp3) is 0.0714. The zero-order chi connectivity index (χ0) is 13.7. The van der Waals surface area contributed by atoms with Crippen molar-refractivity contribution in [2.24, 2.45) is 5.16 Å². The summed E-state index contributed by atoms with van der Waals surface area (Å²) in [7, 11) is 1.55. The van der Waals surface area contributed by atoms with Gasteiger partial charge in [-0.2, -0.15) is 0 Å². The smallest absolute Gasteiger partial charge is 0.216 e. The fourth-order valence-electron chi connectivity index (χ4n) is 1.62. The zero-order valence-corrected chi connectivity index (χ0v) is 10.3. The minimum absolute atomic E-state index is 0.0318. The van der Waals surface area contributed by atoms with E-state index in [1.807, 2.05) is 0 Å². The maximum absolute atomic E-state index is 12.2. The molecule has 1 heterocycles. The standard InChI is InChI=1S/C14H12N2O3/c1-19-12-6-4-10(5-7-12)13(16-18)14(17)11-3-2-8-15-9-11/h2-9,18H,1H3.